The van der Waals surface area contributed by atoms with Gasteiger partial charge in [-0.15, -0.1) is 0 Å². The van der Waals surface area contributed by atoms with Crippen LogP contribution >= 0.6 is 0 Å². The molecule has 4 aromatic rings. The largest absolute Gasteiger partial charge is 0.465 e. The van der Waals surface area contributed by atoms with Crippen LogP contribution < -0.4 is 4.90 Å². The number of imidazole rings is 1. The molecule has 1 N–H and O–H groups in total. The highest BCUT2D eigenvalue weighted by Crippen LogP contribution is 2.23. The van der Waals surface area contributed by atoms with Crippen molar-refractivity contribution in [3.8, 4) is 11.4 Å². The first-order chi connectivity index (χ1) is 14.9. The fraction of sp³-hybridized carbons (Fsp3) is 0.160. The van der Waals surface area contributed by atoms with Gasteiger partial charge < -0.3 is 14.6 Å². The Balaban J connectivity index is 1.53. The Bertz CT molecular complexity index is 1240. The molecule has 0 unspecified atom stereocenters. The predicted molar refractivity (Wildman–Crippen MR) is 122 cm³/mol. The number of anilines is 1. The highest BCUT2D eigenvalue weighted by atomic mass is 16.5. The van der Waals surface area contributed by atoms with Crippen LogP contribution in [0.25, 0.3) is 22.4 Å². The number of rotatable bonds is 6. The number of ether oxygens (including phenoxy) is 1. The van der Waals surface area contributed by atoms with Gasteiger partial charge in [-0.3, -0.25) is 4.79 Å². The average molecular weight is 413 g/mol. The minimum atomic E-state index is -0.373. The van der Waals surface area contributed by atoms with Crippen molar-refractivity contribution in [1.82, 2.24) is 9.97 Å². The van der Waals surface area contributed by atoms with E-state index >= 15 is 0 Å². The molecule has 6 heteroatoms. The molecule has 0 fully saturated rings. The summed E-state index contributed by atoms with van der Waals surface area (Å²) in [4.78, 5) is 34.2. The monoisotopic (exact) mass is 413 g/mol. The van der Waals surface area contributed by atoms with E-state index in [0.717, 1.165) is 27.8 Å². The Morgan fingerprint density at radius 3 is 2.26 bits per heavy atom. The van der Waals surface area contributed by atoms with Crippen LogP contribution in [0.3, 0.4) is 0 Å². The summed E-state index contributed by atoms with van der Waals surface area (Å²) in [6.07, 6.45) is 0.319. The first-order valence-corrected chi connectivity index (χ1v) is 9.92. The van der Waals surface area contributed by atoms with Crippen molar-refractivity contribution < 1.29 is 14.3 Å². The number of benzene rings is 3. The van der Waals surface area contributed by atoms with Gasteiger partial charge in [-0.25, -0.2) is 9.78 Å². The smallest absolute Gasteiger partial charge is 0.337 e. The molecule has 0 aliphatic heterocycles. The van der Waals surface area contributed by atoms with E-state index in [4.69, 9.17) is 4.74 Å². The Morgan fingerprint density at radius 1 is 0.935 bits per heavy atom. The summed E-state index contributed by atoms with van der Waals surface area (Å²) in [5, 5.41) is 0. The summed E-state index contributed by atoms with van der Waals surface area (Å²) in [6.45, 7) is 0. The van der Waals surface area contributed by atoms with E-state index in [9.17, 15) is 9.59 Å². The fourth-order valence-electron chi connectivity index (χ4n) is 3.42. The van der Waals surface area contributed by atoms with Crippen molar-refractivity contribution in [3.05, 3.63) is 83.4 Å². The lowest BCUT2D eigenvalue weighted by atomic mass is 10.0. The third-order valence-electron chi connectivity index (χ3n) is 5.20. The number of aromatic amines is 1. The second-order valence-electron chi connectivity index (χ2n) is 7.55. The standard InChI is InChI=1S/C25H23N3O3/c1-28(2)20-11-9-17(10-12-20)23(29)15-16-4-13-21-22(14-16)27-24(26-21)18-5-7-19(8-6-18)25(30)31-3/h4-14H,15H2,1-3H3,(H,26,27). The van der Waals surface area contributed by atoms with Crippen molar-refractivity contribution >= 4 is 28.5 Å². The molecular weight excluding hydrogens is 390 g/mol. The number of H-pyrrole nitrogens is 1. The van der Waals surface area contributed by atoms with Crippen LogP contribution in [-0.4, -0.2) is 42.9 Å². The van der Waals surface area contributed by atoms with Crippen LogP contribution in [0.2, 0.25) is 0 Å². The number of esters is 1. The summed E-state index contributed by atoms with van der Waals surface area (Å²) >= 11 is 0. The molecule has 0 bridgehead atoms. The number of nitrogens with one attached hydrogen (secondary N) is 1. The van der Waals surface area contributed by atoms with Crippen LogP contribution in [0.15, 0.2) is 66.7 Å². The van der Waals surface area contributed by atoms with Gasteiger partial charge in [0.25, 0.3) is 0 Å². The summed E-state index contributed by atoms with van der Waals surface area (Å²) < 4.78 is 4.73. The maximum absolute atomic E-state index is 12.7. The number of hydrogen-bond acceptors (Lipinski definition) is 5. The van der Waals surface area contributed by atoms with Gasteiger partial charge in [0.05, 0.1) is 23.7 Å². The maximum atomic E-state index is 12.7. The molecule has 6 nitrogen and oxygen atoms in total. The van der Waals surface area contributed by atoms with Gasteiger partial charge in [-0.05, 0) is 54.1 Å². The van der Waals surface area contributed by atoms with E-state index in [1.165, 1.54) is 7.11 Å². The molecule has 4 rings (SSSR count). The van der Waals surface area contributed by atoms with E-state index in [2.05, 4.69) is 9.97 Å². The number of Topliss-reactive ketones (excluding diaryl/α,β-unsaturated/α-hetero) is 1. The molecule has 0 atom stereocenters. The zero-order chi connectivity index (χ0) is 22.0. The van der Waals surface area contributed by atoms with E-state index in [0.29, 0.717) is 23.4 Å². The summed E-state index contributed by atoms with van der Waals surface area (Å²) in [5.41, 5.74) is 5.71. The number of carbonyl (C=O) groups is 2. The van der Waals surface area contributed by atoms with E-state index in [-0.39, 0.29) is 11.8 Å². The summed E-state index contributed by atoms with van der Waals surface area (Å²) in [7, 11) is 5.30. The third-order valence-corrected chi connectivity index (χ3v) is 5.20. The van der Waals surface area contributed by atoms with Crippen LogP contribution in [-0.2, 0) is 11.2 Å². The molecule has 0 spiro atoms. The molecule has 0 saturated heterocycles. The number of fused-ring (bicyclic) bond motifs is 1. The minimum Gasteiger partial charge on any atom is -0.465 e. The molecule has 1 heterocycles. The van der Waals surface area contributed by atoms with Gasteiger partial charge in [0, 0.05) is 37.3 Å². The number of aromatic nitrogens is 2. The van der Waals surface area contributed by atoms with E-state index < -0.39 is 0 Å². The number of carbonyl (C=O) groups excluding carboxylic acids is 2. The number of methoxy groups -OCH3 is 1. The van der Waals surface area contributed by atoms with Crippen LogP contribution in [0.4, 0.5) is 5.69 Å². The van der Waals surface area contributed by atoms with Gasteiger partial charge in [-0.1, -0.05) is 18.2 Å². The second kappa shape index (κ2) is 8.44. The molecule has 0 aliphatic rings. The van der Waals surface area contributed by atoms with Crippen molar-refractivity contribution in [3.63, 3.8) is 0 Å². The Labute approximate surface area is 180 Å². The highest BCUT2D eigenvalue weighted by molar-refractivity contribution is 5.98. The molecule has 0 radical (unpaired) electrons. The number of nitrogens with zero attached hydrogens (tertiary/aromatic N) is 2. The Morgan fingerprint density at radius 2 is 1.61 bits per heavy atom. The van der Waals surface area contributed by atoms with Crippen molar-refractivity contribution in [2.75, 3.05) is 26.1 Å². The minimum absolute atomic E-state index is 0.0720. The third kappa shape index (κ3) is 4.33. The highest BCUT2D eigenvalue weighted by Gasteiger charge is 2.11. The number of ketones is 1. The lowest BCUT2D eigenvalue weighted by Gasteiger charge is -2.12. The van der Waals surface area contributed by atoms with Crippen LogP contribution in [0, 0.1) is 0 Å². The topological polar surface area (TPSA) is 75.3 Å². The maximum Gasteiger partial charge on any atom is 0.337 e. The van der Waals surface area contributed by atoms with Crippen LogP contribution in [0.1, 0.15) is 26.3 Å². The van der Waals surface area contributed by atoms with Gasteiger partial charge in [0.2, 0.25) is 0 Å². The Kier molecular flexibility index (Phi) is 5.54. The molecule has 1 aromatic heterocycles. The van der Waals surface area contributed by atoms with Crippen LogP contribution in [0.5, 0.6) is 0 Å². The lowest BCUT2D eigenvalue weighted by Crippen LogP contribution is -2.09. The summed E-state index contributed by atoms with van der Waals surface area (Å²) in [6, 6.07) is 20.5. The lowest BCUT2D eigenvalue weighted by molar-refractivity contribution is 0.0600. The van der Waals surface area contributed by atoms with Gasteiger partial charge in [0.15, 0.2) is 5.78 Å². The Hall–Kier alpha value is -3.93. The zero-order valence-electron chi connectivity index (χ0n) is 17.7. The average Bonchev–Trinajstić information content (AvgIpc) is 3.22. The van der Waals surface area contributed by atoms with Crippen molar-refractivity contribution in [2.45, 2.75) is 6.42 Å². The molecular formula is C25H23N3O3. The van der Waals surface area contributed by atoms with E-state index in [1.54, 1.807) is 12.1 Å². The molecule has 0 saturated carbocycles. The van der Waals surface area contributed by atoms with E-state index in [1.807, 2.05) is 73.6 Å². The number of hydrogen-bond donors (Lipinski definition) is 1. The van der Waals surface area contributed by atoms with Gasteiger partial charge in [-0.2, -0.15) is 0 Å². The van der Waals surface area contributed by atoms with Gasteiger partial charge in [0.1, 0.15) is 5.82 Å². The van der Waals surface area contributed by atoms with Crippen molar-refractivity contribution in [1.29, 1.82) is 0 Å². The molecule has 31 heavy (non-hydrogen) atoms. The summed E-state index contributed by atoms with van der Waals surface area (Å²) in [5.74, 6) is 0.402. The first-order valence-electron chi connectivity index (χ1n) is 9.92. The van der Waals surface area contributed by atoms with Crippen molar-refractivity contribution in [2.24, 2.45) is 0 Å². The molecule has 0 amide bonds. The fourth-order valence-corrected chi connectivity index (χ4v) is 3.42. The van der Waals surface area contributed by atoms with Gasteiger partial charge >= 0.3 is 5.97 Å². The predicted octanol–water partition coefficient (Wildman–Crippen LogP) is 4.51. The first kappa shape index (κ1) is 20.3. The quantitative estimate of drug-likeness (QED) is 0.372. The molecule has 0 aliphatic carbocycles. The molecule has 3 aromatic carbocycles. The SMILES string of the molecule is COC(=O)c1ccc(-c2nc3ccc(CC(=O)c4ccc(N(C)C)cc4)cc3[nH]2)cc1. The normalized spacial score (nSPS) is 10.8. The zero-order valence-corrected chi connectivity index (χ0v) is 17.7. The molecule has 156 valence electrons. The second-order valence-corrected chi connectivity index (χ2v) is 7.55.